The van der Waals surface area contributed by atoms with E-state index in [1.54, 1.807) is 6.07 Å². The Balaban J connectivity index is 2.41. The zero-order chi connectivity index (χ0) is 14.8. The van der Waals surface area contributed by atoms with Crippen molar-refractivity contribution in [3.8, 4) is 6.07 Å². The number of nitrogens with zero attached hydrogens (tertiary/aromatic N) is 2. The number of anilines is 2. The monoisotopic (exact) mass is 292 g/mol. The van der Waals surface area contributed by atoms with Gasteiger partial charge in [-0.1, -0.05) is 0 Å². The fourth-order valence-corrected chi connectivity index (χ4v) is 2.65. The van der Waals surface area contributed by atoms with E-state index < -0.39 is 15.8 Å². The lowest BCUT2D eigenvalue weighted by atomic mass is 10.2. The molecule has 0 radical (unpaired) electrons. The van der Waals surface area contributed by atoms with Crippen molar-refractivity contribution in [2.24, 2.45) is 0 Å². The van der Waals surface area contributed by atoms with Gasteiger partial charge in [-0.25, -0.2) is 17.8 Å². The largest absolute Gasteiger partial charge is 0.399 e. The van der Waals surface area contributed by atoms with Gasteiger partial charge in [0.25, 0.3) is 10.0 Å². The normalized spacial score (nSPS) is 10.8. The highest BCUT2D eigenvalue weighted by Gasteiger charge is 2.19. The fourth-order valence-electron chi connectivity index (χ4n) is 1.50. The first-order valence-corrected chi connectivity index (χ1v) is 6.85. The summed E-state index contributed by atoms with van der Waals surface area (Å²) in [4.78, 5) is 3.37. The van der Waals surface area contributed by atoms with Crippen LogP contribution in [0.25, 0.3) is 0 Å². The van der Waals surface area contributed by atoms with Crippen LogP contribution in [-0.4, -0.2) is 13.4 Å². The van der Waals surface area contributed by atoms with Crippen molar-refractivity contribution in [2.75, 3.05) is 10.5 Å². The van der Waals surface area contributed by atoms with Crippen LogP contribution in [0.15, 0.2) is 41.4 Å². The predicted octanol–water partition coefficient (Wildman–Crippen LogP) is 1.48. The van der Waals surface area contributed by atoms with E-state index >= 15 is 0 Å². The Morgan fingerprint density at radius 1 is 1.30 bits per heavy atom. The first-order valence-electron chi connectivity index (χ1n) is 5.36. The van der Waals surface area contributed by atoms with Gasteiger partial charge in [0, 0.05) is 5.69 Å². The molecule has 8 heteroatoms. The Labute approximate surface area is 114 Å². The fraction of sp³-hybridized carbons (Fsp3) is 0. The zero-order valence-corrected chi connectivity index (χ0v) is 10.9. The van der Waals surface area contributed by atoms with Crippen molar-refractivity contribution < 1.29 is 12.8 Å². The molecule has 0 atom stereocenters. The maximum absolute atomic E-state index is 12.7. The Morgan fingerprint density at radius 3 is 2.65 bits per heavy atom. The number of nitriles is 1. The number of aromatic nitrogens is 1. The standard InChI is InChI=1S/C12H9FN4O2S/c13-9-1-4-12(16-7-9)17-20(18,19)11-3-2-10(15)5-8(11)6-14/h1-5,7H,15H2,(H,16,17). The third kappa shape index (κ3) is 2.84. The third-order valence-electron chi connectivity index (χ3n) is 2.38. The molecule has 6 nitrogen and oxygen atoms in total. The second-order valence-electron chi connectivity index (χ2n) is 3.83. The van der Waals surface area contributed by atoms with E-state index in [1.165, 1.54) is 24.3 Å². The van der Waals surface area contributed by atoms with Crippen LogP contribution >= 0.6 is 0 Å². The molecule has 1 aromatic carbocycles. The first kappa shape index (κ1) is 13.8. The number of pyridine rings is 1. The molecule has 0 amide bonds. The van der Waals surface area contributed by atoms with E-state index in [4.69, 9.17) is 11.0 Å². The van der Waals surface area contributed by atoms with Gasteiger partial charge in [-0.2, -0.15) is 5.26 Å². The number of benzene rings is 1. The Hall–Kier alpha value is -2.66. The molecule has 0 aliphatic heterocycles. The van der Waals surface area contributed by atoms with Gasteiger partial charge in [0.15, 0.2) is 0 Å². The van der Waals surface area contributed by atoms with Gasteiger partial charge in [-0.05, 0) is 30.3 Å². The minimum absolute atomic E-state index is 0.0490. The Bertz CT molecular complexity index is 782. The summed E-state index contributed by atoms with van der Waals surface area (Å²) in [5.74, 6) is -0.634. The molecule has 20 heavy (non-hydrogen) atoms. The van der Waals surface area contributed by atoms with Gasteiger partial charge in [-0.3, -0.25) is 4.72 Å². The minimum Gasteiger partial charge on any atom is -0.399 e. The van der Waals surface area contributed by atoms with Crippen molar-refractivity contribution in [2.45, 2.75) is 4.90 Å². The summed E-state index contributed by atoms with van der Waals surface area (Å²) in [5.41, 5.74) is 5.69. The number of halogens is 1. The number of hydrogen-bond donors (Lipinski definition) is 2. The average Bonchev–Trinajstić information content (AvgIpc) is 2.40. The van der Waals surface area contributed by atoms with E-state index in [1.807, 2.05) is 0 Å². The number of nitrogen functional groups attached to an aromatic ring is 1. The Morgan fingerprint density at radius 2 is 2.05 bits per heavy atom. The van der Waals surface area contributed by atoms with Crippen LogP contribution in [0.4, 0.5) is 15.9 Å². The molecular formula is C12H9FN4O2S. The summed E-state index contributed by atoms with van der Waals surface area (Å²) >= 11 is 0. The second-order valence-corrected chi connectivity index (χ2v) is 5.49. The van der Waals surface area contributed by atoms with Gasteiger partial charge in [0.1, 0.15) is 22.6 Å². The molecule has 0 saturated carbocycles. The number of hydrogen-bond acceptors (Lipinski definition) is 5. The van der Waals surface area contributed by atoms with Crippen molar-refractivity contribution in [1.29, 1.82) is 5.26 Å². The quantitative estimate of drug-likeness (QED) is 0.833. The molecular weight excluding hydrogens is 283 g/mol. The molecule has 0 aliphatic carbocycles. The second kappa shape index (κ2) is 5.14. The summed E-state index contributed by atoms with van der Waals surface area (Å²) in [6.07, 6.45) is 0.881. The van der Waals surface area contributed by atoms with Crippen LogP contribution in [0.2, 0.25) is 0 Å². The lowest BCUT2D eigenvalue weighted by Gasteiger charge is -2.09. The number of sulfonamides is 1. The lowest BCUT2D eigenvalue weighted by molar-refractivity contribution is 0.600. The van der Waals surface area contributed by atoms with Crippen LogP contribution in [0.1, 0.15) is 5.56 Å². The van der Waals surface area contributed by atoms with Crippen molar-refractivity contribution >= 4 is 21.5 Å². The molecule has 0 bridgehead atoms. The number of rotatable bonds is 3. The van der Waals surface area contributed by atoms with Gasteiger partial charge < -0.3 is 5.73 Å². The number of nitrogens with two attached hydrogens (primary N) is 1. The van der Waals surface area contributed by atoms with Crippen LogP contribution in [-0.2, 0) is 10.0 Å². The van der Waals surface area contributed by atoms with Crippen LogP contribution < -0.4 is 10.5 Å². The van der Waals surface area contributed by atoms with Gasteiger partial charge >= 0.3 is 0 Å². The molecule has 102 valence electrons. The minimum atomic E-state index is -4.00. The molecule has 3 N–H and O–H groups in total. The molecule has 0 saturated heterocycles. The molecule has 1 heterocycles. The van der Waals surface area contributed by atoms with Crippen molar-refractivity contribution in [3.63, 3.8) is 0 Å². The highest BCUT2D eigenvalue weighted by molar-refractivity contribution is 7.92. The van der Waals surface area contributed by atoms with Crippen LogP contribution in [0.5, 0.6) is 0 Å². The molecule has 0 fully saturated rings. The summed E-state index contributed by atoms with van der Waals surface area (Å²) in [6.45, 7) is 0. The SMILES string of the molecule is N#Cc1cc(N)ccc1S(=O)(=O)Nc1ccc(F)cn1. The van der Waals surface area contributed by atoms with Gasteiger partial charge in [0.05, 0.1) is 11.8 Å². The van der Waals surface area contributed by atoms with Crippen molar-refractivity contribution in [3.05, 3.63) is 47.9 Å². The van der Waals surface area contributed by atoms with Crippen LogP contribution in [0, 0.1) is 17.1 Å². The van der Waals surface area contributed by atoms with Crippen molar-refractivity contribution in [1.82, 2.24) is 4.98 Å². The number of nitrogens with one attached hydrogen (secondary N) is 1. The van der Waals surface area contributed by atoms with E-state index in [0.717, 1.165) is 12.3 Å². The first-order chi connectivity index (χ1) is 9.42. The summed E-state index contributed by atoms with van der Waals surface area (Å²) in [7, 11) is -4.00. The highest BCUT2D eigenvalue weighted by Crippen LogP contribution is 2.20. The average molecular weight is 292 g/mol. The van der Waals surface area contributed by atoms with Gasteiger partial charge in [0.2, 0.25) is 0 Å². The summed E-state index contributed by atoms with van der Waals surface area (Å²) in [6, 6.07) is 7.85. The molecule has 0 aliphatic rings. The summed E-state index contributed by atoms with van der Waals surface area (Å²) < 4.78 is 39.1. The topological polar surface area (TPSA) is 109 Å². The van der Waals surface area contributed by atoms with E-state index in [0.29, 0.717) is 0 Å². The summed E-state index contributed by atoms with van der Waals surface area (Å²) in [5, 5.41) is 8.95. The third-order valence-corrected chi connectivity index (χ3v) is 3.79. The zero-order valence-electron chi connectivity index (χ0n) is 10.0. The van der Waals surface area contributed by atoms with Crippen LogP contribution in [0.3, 0.4) is 0 Å². The molecule has 2 aromatic rings. The Kier molecular flexibility index (Phi) is 3.54. The van der Waals surface area contributed by atoms with E-state index in [2.05, 4.69) is 9.71 Å². The van der Waals surface area contributed by atoms with E-state index in [-0.39, 0.29) is 22.0 Å². The molecule has 0 spiro atoms. The lowest BCUT2D eigenvalue weighted by Crippen LogP contribution is -2.15. The molecule has 0 unspecified atom stereocenters. The van der Waals surface area contributed by atoms with Gasteiger partial charge in [-0.15, -0.1) is 0 Å². The highest BCUT2D eigenvalue weighted by atomic mass is 32.2. The maximum Gasteiger partial charge on any atom is 0.264 e. The molecule has 1 aromatic heterocycles. The predicted molar refractivity (Wildman–Crippen MR) is 70.6 cm³/mol. The maximum atomic E-state index is 12.7. The van der Waals surface area contributed by atoms with E-state index in [9.17, 15) is 12.8 Å². The smallest absolute Gasteiger partial charge is 0.264 e. The molecule has 2 rings (SSSR count).